The minimum Gasteiger partial charge on any atom is -0.348 e. The molecular weight excluding hydrogens is 378 g/mol. The number of carbonyl (C=O) groups is 2. The molecule has 2 heterocycles. The molecular formula is C21H22F2N4O2. The lowest BCUT2D eigenvalue weighted by Gasteiger charge is -2.36. The molecule has 1 N–H and O–H groups in total. The van der Waals surface area contributed by atoms with Crippen molar-refractivity contribution in [1.82, 2.24) is 15.3 Å². The van der Waals surface area contributed by atoms with Crippen LogP contribution in [0.3, 0.4) is 0 Å². The third-order valence-corrected chi connectivity index (χ3v) is 5.86. The van der Waals surface area contributed by atoms with Crippen LogP contribution in [-0.4, -0.2) is 34.4 Å². The zero-order chi connectivity index (χ0) is 20.6. The fourth-order valence-electron chi connectivity index (χ4n) is 4.51. The Morgan fingerprint density at radius 2 is 2.00 bits per heavy atom. The summed E-state index contributed by atoms with van der Waals surface area (Å²) in [5.74, 6) is -1.31. The normalized spacial score (nSPS) is 24.2. The van der Waals surface area contributed by atoms with Gasteiger partial charge in [-0.25, -0.2) is 18.7 Å². The van der Waals surface area contributed by atoms with Gasteiger partial charge in [0.25, 0.3) is 5.91 Å². The van der Waals surface area contributed by atoms with Crippen molar-refractivity contribution in [2.45, 2.75) is 45.1 Å². The Balaban J connectivity index is 1.49. The van der Waals surface area contributed by atoms with Gasteiger partial charge in [0.1, 0.15) is 23.2 Å². The summed E-state index contributed by atoms with van der Waals surface area (Å²) < 4.78 is 27.2. The summed E-state index contributed by atoms with van der Waals surface area (Å²) in [4.78, 5) is 35.3. The third-order valence-electron chi connectivity index (χ3n) is 5.86. The van der Waals surface area contributed by atoms with E-state index in [0.29, 0.717) is 37.3 Å². The molecule has 1 spiro atoms. The molecule has 0 unspecified atom stereocenters. The van der Waals surface area contributed by atoms with Crippen LogP contribution in [0.5, 0.6) is 0 Å². The molecule has 2 aromatic rings. The highest BCUT2D eigenvalue weighted by Crippen LogP contribution is 2.46. The Morgan fingerprint density at radius 1 is 1.24 bits per heavy atom. The first-order valence-electron chi connectivity index (χ1n) is 9.75. The molecule has 8 heteroatoms. The molecule has 2 aliphatic rings. The van der Waals surface area contributed by atoms with E-state index in [1.54, 1.807) is 13.0 Å². The Morgan fingerprint density at radius 3 is 2.72 bits per heavy atom. The van der Waals surface area contributed by atoms with Crippen molar-refractivity contribution in [2.24, 2.45) is 5.41 Å². The van der Waals surface area contributed by atoms with Gasteiger partial charge >= 0.3 is 0 Å². The molecule has 1 aromatic carbocycles. The molecule has 2 amide bonds. The minimum absolute atomic E-state index is 0.126. The molecule has 6 nitrogen and oxygen atoms in total. The molecule has 4 rings (SSSR count). The maximum Gasteiger partial charge on any atom is 0.270 e. The van der Waals surface area contributed by atoms with Crippen molar-refractivity contribution in [3.63, 3.8) is 0 Å². The van der Waals surface area contributed by atoms with Crippen molar-refractivity contribution < 1.29 is 18.4 Å². The van der Waals surface area contributed by atoms with Gasteiger partial charge in [0.05, 0.1) is 5.41 Å². The van der Waals surface area contributed by atoms with Gasteiger partial charge in [-0.3, -0.25) is 9.59 Å². The van der Waals surface area contributed by atoms with Gasteiger partial charge in [0, 0.05) is 30.5 Å². The molecule has 1 aliphatic carbocycles. The predicted octanol–water partition coefficient (Wildman–Crippen LogP) is 3.16. The summed E-state index contributed by atoms with van der Waals surface area (Å²) in [7, 11) is 0. The fourth-order valence-corrected chi connectivity index (χ4v) is 4.51. The molecule has 1 aliphatic heterocycles. The second-order valence-electron chi connectivity index (χ2n) is 7.87. The molecule has 1 aromatic heterocycles. The van der Waals surface area contributed by atoms with Crippen molar-refractivity contribution in [3.8, 4) is 0 Å². The van der Waals surface area contributed by atoms with E-state index in [9.17, 15) is 18.4 Å². The highest BCUT2D eigenvalue weighted by atomic mass is 19.1. The van der Waals surface area contributed by atoms with Crippen LogP contribution >= 0.6 is 0 Å². The number of anilines is 1. The number of amides is 2. The number of nitrogens with one attached hydrogen (secondary N) is 1. The van der Waals surface area contributed by atoms with Crippen molar-refractivity contribution >= 4 is 17.5 Å². The summed E-state index contributed by atoms with van der Waals surface area (Å²) in [6, 6.07) is 4.56. The van der Waals surface area contributed by atoms with Crippen LogP contribution in [0.25, 0.3) is 0 Å². The first kappa shape index (κ1) is 19.4. The Labute approximate surface area is 167 Å². The van der Waals surface area contributed by atoms with Crippen LogP contribution < -0.4 is 10.2 Å². The van der Waals surface area contributed by atoms with E-state index in [1.165, 1.54) is 23.2 Å². The molecule has 29 heavy (non-hydrogen) atoms. The van der Waals surface area contributed by atoms with Gasteiger partial charge in [-0.15, -0.1) is 0 Å². The van der Waals surface area contributed by atoms with Gasteiger partial charge < -0.3 is 10.2 Å². The van der Waals surface area contributed by atoms with Crippen LogP contribution in [0.15, 0.2) is 30.5 Å². The maximum atomic E-state index is 13.6. The number of halogens is 2. The number of hydrogen-bond donors (Lipinski definition) is 1. The lowest BCUT2D eigenvalue weighted by Crippen LogP contribution is -2.46. The molecule has 0 radical (unpaired) electrons. The van der Waals surface area contributed by atoms with Crippen LogP contribution in [0, 0.1) is 24.0 Å². The van der Waals surface area contributed by atoms with E-state index in [4.69, 9.17) is 0 Å². The zero-order valence-electron chi connectivity index (χ0n) is 16.1. The molecule has 2 atom stereocenters. The van der Waals surface area contributed by atoms with Gasteiger partial charge in [-0.1, -0.05) is 6.42 Å². The molecule has 0 bridgehead atoms. The Bertz CT molecular complexity index is 947. The number of nitrogens with zero attached hydrogens (tertiary/aromatic N) is 3. The van der Waals surface area contributed by atoms with Crippen molar-refractivity contribution in [1.29, 1.82) is 0 Å². The summed E-state index contributed by atoms with van der Waals surface area (Å²) >= 11 is 0. The number of aromatic nitrogens is 2. The van der Waals surface area contributed by atoms with E-state index in [1.807, 2.05) is 0 Å². The van der Waals surface area contributed by atoms with Crippen LogP contribution in [0.2, 0.25) is 0 Å². The van der Waals surface area contributed by atoms with Crippen molar-refractivity contribution in [3.05, 3.63) is 53.6 Å². The number of benzene rings is 1. The average Bonchev–Trinajstić information content (AvgIpc) is 2.97. The minimum atomic E-state index is -0.706. The van der Waals surface area contributed by atoms with Gasteiger partial charge in [-0.2, -0.15) is 0 Å². The summed E-state index contributed by atoms with van der Waals surface area (Å²) in [6.07, 6.45) is 4.93. The predicted molar refractivity (Wildman–Crippen MR) is 102 cm³/mol. The molecule has 152 valence electrons. The van der Waals surface area contributed by atoms with Crippen LogP contribution in [0.4, 0.5) is 14.5 Å². The van der Waals surface area contributed by atoms with E-state index in [0.717, 1.165) is 18.9 Å². The molecule has 1 saturated carbocycles. The first-order chi connectivity index (χ1) is 13.9. The SMILES string of the molecule is Cc1nccc(C(=O)N[C@H]2CCC[C@]3(CCN(c4cc(F)cc(F)c4)C3=O)C2)n1. The van der Waals surface area contributed by atoms with E-state index in [2.05, 4.69) is 15.3 Å². The van der Waals surface area contributed by atoms with E-state index in [-0.39, 0.29) is 23.5 Å². The topological polar surface area (TPSA) is 75.2 Å². The quantitative estimate of drug-likeness (QED) is 0.859. The maximum absolute atomic E-state index is 13.6. The summed E-state index contributed by atoms with van der Waals surface area (Å²) in [5.41, 5.74) is -0.0700. The van der Waals surface area contributed by atoms with Gasteiger partial charge in [0.15, 0.2) is 0 Å². The third kappa shape index (κ3) is 3.83. The first-order valence-corrected chi connectivity index (χ1v) is 9.75. The lowest BCUT2D eigenvalue weighted by atomic mass is 9.71. The van der Waals surface area contributed by atoms with E-state index < -0.39 is 17.0 Å². The zero-order valence-corrected chi connectivity index (χ0v) is 16.1. The standard InChI is InChI=1S/C21H22F2N4O2/c1-13-24-7-4-18(25-13)19(28)26-16-3-2-5-21(12-16)6-8-27(20(21)29)17-10-14(22)9-15(23)11-17/h4,7,9-11,16H,2-3,5-6,8,12H2,1H3,(H,26,28)/t16-,21-/m0/s1. The van der Waals surface area contributed by atoms with Crippen molar-refractivity contribution in [2.75, 3.05) is 11.4 Å². The van der Waals surface area contributed by atoms with Crippen LogP contribution in [-0.2, 0) is 4.79 Å². The number of hydrogen-bond acceptors (Lipinski definition) is 4. The van der Waals surface area contributed by atoms with Gasteiger partial charge in [-0.05, 0) is 50.8 Å². The summed E-state index contributed by atoms with van der Waals surface area (Å²) in [5, 5.41) is 2.99. The average molecular weight is 400 g/mol. The number of aryl methyl sites for hydroxylation is 1. The number of rotatable bonds is 3. The second-order valence-corrected chi connectivity index (χ2v) is 7.87. The highest BCUT2D eigenvalue weighted by Gasteiger charge is 2.49. The fraction of sp³-hybridized carbons (Fsp3) is 0.429. The molecule has 1 saturated heterocycles. The smallest absolute Gasteiger partial charge is 0.270 e. The lowest BCUT2D eigenvalue weighted by molar-refractivity contribution is -0.127. The van der Waals surface area contributed by atoms with Gasteiger partial charge in [0.2, 0.25) is 5.91 Å². The molecule has 2 fully saturated rings. The highest BCUT2D eigenvalue weighted by molar-refractivity contribution is 6.00. The Hall–Kier alpha value is -2.90. The summed E-state index contributed by atoms with van der Waals surface area (Å²) in [6.45, 7) is 2.13. The largest absolute Gasteiger partial charge is 0.348 e. The van der Waals surface area contributed by atoms with E-state index >= 15 is 0 Å². The Kier molecular flexibility index (Phi) is 5.02. The second kappa shape index (κ2) is 7.50. The van der Waals surface area contributed by atoms with Crippen LogP contribution in [0.1, 0.15) is 48.4 Å². The number of carbonyl (C=O) groups excluding carboxylic acids is 2. The monoisotopic (exact) mass is 400 g/mol.